The van der Waals surface area contributed by atoms with Crippen molar-refractivity contribution in [1.82, 2.24) is 5.32 Å². The third-order valence-electron chi connectivity index (χ3n) is 3.16. The van der Waals surface area contributed by atoms with E-state index in [0.29, 0.717) is 0 Å². The summed E-state index contributed by atoms with van der Waals surface area (Å²) in [6.07, 6.45) is 0.885. The molecule has 1 amide bonds. The van der Waals surface area contributed by atoms with Crippen LogP contribution in [-0.2, 0) is 11.2 Å². The zero-order valence-electron chi connectivity index (χ0n) is 7.91. The Kier molecular flexibility index (Phi) is 1.40. The van der Waals surface area contributed by atoms with Gasteiger partial charge in [-0.1, -0.05) is 6.07 Å². The highest BCUT2D eigenvalue weighted by atomic mass is 16.5. The summed E-state index contributed by atoms with van der Waals surface area (Å²) in [7, 11) is 1.66. The van der Waals surface area contributed by atoms with Crippen LogP contribution in [0.2, 0.25) is 0 Å². The first-order chi connectivity index (χ1) is 6.79. The summed E-state index contributed by atoms with van der Waals surface area (Å²) in [5.74, 6) is 1.23. The monoisotopic (exact) mass is 189 g/mol. The second kappa shape index (κ2) is 2.50. The van der Waals surface area contributed by atoms with Crippen LogP contribution >= 0.6 is 0 Å². The van der Waals surface area contributed by atoms with Gasteiger partial charge < -0.3 is 10.1 Å². The van der Waals surface area contributed by atoms with E-state index < -0.39 is 0 Å². The van der Waals surface area contributed by atoms with E-state index in [9.17, 15) is 4.79 Å². The maximum atomic E-state index is 11.2. The Morgan fingerprint density at radius 1 is 1.50 bits per heavy atom. The molecule has 2 atom stereocenters. The first-order valence-corrected chi connectivity index (χ1v) is 4.77. The molecule has 1 aromatic rings. The molecule has 3 nitrogen and oxygen atoms in total. The van der Waals surface area contributed by atoms with Crippen LogP contribution in [0.25, 0.3) is 0 Å². The van der Waals surface area contributed by atoms with Crippen LogP contribution in [0.15, 0.2) is 18.2 Å². The number of methoxy groups -OCH3 is 1. The van der Waals surface area contributed by atoms with E-state index in [1.54, 1.807) is 7.11 Å². The number of fused-ring (bicyclic) bond motifs is 3. The van der Waals surface area contributed by atoms with E-state index in [0.717, 1.165) is 12.2 Å². The van der Waals surface area contributed by atoms with Crippen LogP contribution in [-0.4, -0.2) is 13.0 Å². The van der Waals surface area contributed by atoms with Crippen LogP contribution in [0.4, 0.5) is 0 Å². The number of hydrogen-bond donors (Lipinski definition) is 1. The number of nitrogens with one attached hydrogen (secondary N) is 1. The van der Waals surface area contributed by atoms with Gasteiger partial charge in [-0.25, -0.2) is 0 Å². The lowest BCUT2D eigenvalue weighted by atomic mass is 9.92. The lowest BCUT2D eigenvalue weighted by Crippen LogP contribution is -2.49. The molecule has 0 spiro atoms. The third-order valence-corrected chi connectivity index (χ3v) is 3.16. The van der Waals surface area contributed by atoms with Crippen molar-refractivity contribution >= 4 is 5.91 Å². The van der Waals surface area contributed by atoms with Crippen molar-refractivity contribution in [2.45, 2.75) is 12.5 Å². The van der Waals surface area contributed by atoms with Crippen LogP contribution < -0.4 is 10.1 Å². The van der Waals surface area contributed by atoms with E-state index in [4.69, 9.17) is 4.74 Å². The smallest absolute Gasteiger partial charge is 0.226 e. The topological polar surface area (TPSA) is 38.3 Å². The number of amides is 1. The SMILES string of the molecule is COc1ccc2c(c1)C1NC(=O)C1C2. The number of carbonyl (C=O) groups is 1. The number of β-lactam (4-membered cyclic amide) rings is 1. The van der Waals surface area contributed by atoms with Crippen LogP contribution in [0.1, 0.15) is 17.2 Å². The lowest BCUT2D eigenvalue weighted by molar-refractivity contribution is -0.134. The van der Waals surface area contributed by atoms with Gasteiger partial charge in [0.25, 0.3) is 0 Å². The van der Waals surface area contributed by atoms with Gasteiger partial charge in [0.15, 0.2) is 0 Å². The van der Waals surface area contributed by atoms with Gasteiger partial charge in [-0.05, 0) is 29.7 Å². The normalized spacial score (nSPS) is 27.4. The zero-order chi connectivity index (χ0) is 9.71. The summed E-state index contributed by atoms with van der Waals surface area (Å²) in [6, 6.07) is 6.28. The van der Waals surface area contributed by atoms with Crippen molar-refractivity contribution in [3.63, 3.8) is 0 Å². The molecule has 1 fully saturated rings. The molecule has 0 aromatic heterocycles. The molecular weight excluding hydrogens is 178 g/mol. The molecule has 2 aliphatic rings. The standard InChI is InChI=1S/C11H11NO2/c1-14-7-3-2-6-4-9-10(8(6)5-7)12-11(9)13/h2-3,5,9-10H,4H2,1H3,(H,12,13). The Labute approximate surface area is 82.1 Å². The van der Waals surface area contributed by atoms with E-state index >= 15 is 0 Å². The van der Waals surface area contributed by atoms with E-state index in [2.05, 4.69) is 11.4 Å². The second-order valence-electron chi connectivity index (χ2n) is 3.86. The molecule has 1 aliphatic heterocycles. The Hall–Kier alpha value is -1.51. The Morgan fingerprint density at radius 3 is 3.07 bits per heavy atom. The minimum atomic E-state index is 0.178. The van der Waals surface area contributed by atoms with Crippen molar-refractivity contribution in [1.29, 1.82) is 0 Å². The molecule has 1 aliphatic carbocycles. The highest BCUT2D eigenvalue weighted by molar-refractivity contribution is 5.88. The van der Waals surface area contributed by atoms with Crippen LogP contribution in [0, 0.1) is 5.92 Å². The van der Waals surface area contributed by atoms with Gasteiger partial charge in [-0.3, -0.25) is 4.79 Å². The Bertz CT molecular complexity index is 414. The molecule has 0 saturated carbocycles. The minimum Gasteiger partial charge on any atom is -0.497 e. The van der Waals surface area contributed by atoms with Gasteiger partial charge in [-0.2, -0.15) is 0 Å². The molecular formula is C11H11NO2. The summed E-state index contributed by atoms with van der Waals surface area (Å²) < 4.78 is 5.16. The average Bonchev–Trinajstić information content (AvgIpc) is 2.51. The summed E-state index contributed by atoms with van der Waals surface area (Å²) in [5, 5.41) is 2.92. The molecule has 72 valence electrons. The summed E-state index contributed by atoms with van der Waals surface area (Å²) in [5.41, 5.74) is 2.51. The van der Waals surface area contributed by atoms with E-state index in [-0.39, 0.29) is 17.9 Å². The largest absolute Gasteiger partial charge is 0.497 e. The summed E-state index contributed by atoms with van der Waals surface area (Å²) in [6.45, 7) is 0. The predicted molar refractivity (Wildman–Crippen MR) is 51.1 cm³/mol. The molecule has 2 unspecified atom stereocenters. The molecule has 3 heteroatoms. The van der Waals surface area contributed by atoms with Crippen LogP contribution in [0.3, 0.4) is 0 Å². The zero-order valence-corrected chi connectivity index (χ0v) is 7.91. The fourth-order valence-corrected chi connectivity index (χ4v) is 2.33. The highest BCUT2D eigenvalue weighted by Gasteiger charge is 2.45. The van der Waals surface area contributed by atoms with Crippen molar-refractivity contribution in [2.24, 2.45) is 5.92 Å². The van der Waals surface area contributed by atoms with E-state index in [1.807, 2.05) is 12.1 Å². The number of hydrogen-bond acceptors (Lipinski definition) is 2. The van der Waals surface area contributed by atoms with Gasteiger partial charge in [0.05, 0.1) is 19.1 Å². The van der Waals surface area contributed by atoms with Gasteiger partial charge in [0, 0.05) is 0 Å². The molecule has 1 heterocycles. The molecule has 3 rings (SSSR count). The Morgan fingerprint density at radius 2 is 2.36 bits per heavy atom. The number of ether oxygens (including phenoxy) is 1. The lowest BCUT2D eigenvalue weighted by Gasteiger charge is -2.31. The van der Waals surface area contributed by atoms with Crippen molar-refractivity contribution in [3.05, 3.63) is 29.3 Å². The summed E-state index contributed by atoms with van der Waals surface area (Å²) in [4.78, 5) is 11.2. The predicted octanol–water partition coefficient (Wildman–Crippen LogP) is 1.04. The fraction of sp³-hybridized carbons (Fsp3) is 0.364. The number of benzene rings is 1. The molecule has 0 bridgehead atoms. The molecule has 14 heavy (non-hydrogen) atoms. The number of carbonyl (C=O) groups excluding carboxylic acids is 1. The first kappa shape index (κ1) is 7.85. The van der Waals surface area contributed by atoms with Gasteiger partial charge in [-0.15, -0.1) is 0 Å². The maximum Gasteiger partial charge on any atom is 0.226 e. The molecule has 0 radical (unpaired) electrons. The quantitative estimate of drug-likeness (QED) is 0.670. The third kappa shape index (κ3) is 0.842. The van der Waals surface area contributed by atoms with Gasteiger partial charge >= 0.3 is 0 Å². The van der Waals surface area contributed by atoms with Crippen molar-refractivity contribution in [2.75, 3.05) is 7.11 Å². The van der Waals surface area contributed by atoms with Crippen molar-refractivity contribution in [3.8, 4) is 5.75 Å². The highest BCUT2D eigenvalue weighted by Crippen LogP contribution is 2.43. The summed E-state index contributed by atoms with van der Waals surface area (Å²) >= 11 is 0. The van der Waals surface area contributed by atoms with Crippen molar-refractivity contribution < 1.29 is 9.53 Å². The van der Waals surface area contributed by atoms with E-state index in [1.165, 1.54) is 11.1 Å². The maximum absolute atomic E-state index is 11.2. The molecule has 1 N–H and O–H groups in total. The molecule has 1 saturated heterocycles. The number of rotatable bonds is 1. The first-order valence-electron chi connectivity index (χ1n) is 4.77. The van der Waals surface area contributed by atoms with Crippen LogP contribution in [0.5, 0.6) is 5.75 Å². The fourth-order valence-electron chi connectivity index (χ4n) is 2.33. The van der Waals surface area contributed by atoms with Gasteiger partial charge in [0.2, 0.25) is 5.91 Å². The second-order valence-corrected chi connectivity index (χ2v) is 3.86. The minimum absolute atomic E-state index is 0.178. The molecule has 1 aromatic carbocycles. The van der Waals surface area contributed by atoms with Gasteiger partial charge in [0.1, 0.15) is 5.75 Å². The Balaban J connectivity index is 2.03. The average molecular weight is 189 g/mol.